The maximum Gasteiger partial charge on any atom is 0.223 e. The van der Waals surface area contributed by atoms with Crippen LogP contribution < -0.4 is 0 Å². The quantitative estimate of drug-likeness (QED) is 0.758. The molecule has 1 aliphatic rings. The molecule has 0 aromatic heterocycles. The molecular formula is C20H31NO2. The Bertz CT molecular complexity index is 472. The van der Waals surface area contributed by atoms with Crippen molar-refractivity contribution >= 4 is 5.91 Å². The molecular weight excluding hydrogens is 286 g/mol. The number of amides is 1. The first kappa shape index (κ1) is 18.0. The van der Waals surface area contributed by atoms with Gasteiger partial charge in [-0.1, -0.05) is 44.2 Å². The number of carbonyl (C=O) groups is 1. The molecule has 23 heavy (non-hydrogen) atoms. The van der Waals surface area contributed by atoms with Gasteiger partial charge in [-0.05, 0) is 43.1 Å². The number of carbonyl (C=O) groups excluding carboxylic acids is 1. The van der Waals surface area contributed by atoms with E-state index < -0.39 is 0 Å². The predicted octanol–water partition coefficient (Wildman–Crippen LogP) is 4.09. The number of piperidine rings is 1. The molecule has 128 valence electrons. The summed E-state index contributed by atoms with van der Waals surface area (Å²) in [5.41, 5.74) is 1.28. The van der Waals surface area contributed by atoms with E-state index in [1.807, 2.05) is 13.0 Å². The molecule has 1 aromatic rings. The Balaban J connectivity index is 1.96. The van der Waals surface area contributed by atoms with Crippen LogP contribution >= 0.6 is 0 Å². The first-order valence-corrected chi connectivity index (χ1v) is 9.02. The van der Waals surface area contributed by atoms with Crippen molar-refractivity contribution in [3.05, 3.63) is 35.9 Å². The molecule has 0 aliphatic carbocycles. The van der Waals surface area contributed by atoms with E-state index in [1.165, 1.54) is 12.0 Å². The monoisotopic (exact) mass is 317 g/mol. The number of ether oxygens (including phenoxy) is 1. The minimum atomic E-state index is 0.300. The number of rotatable bonds is 7. The first-order chi connectivity index (χ1) is 11.1. The Morgan fingerprint density at radius 1 is 1.30 bits per heavy atom. The number of nitrogens with zero attached hydrogens (tertiary/aromatic N) is 1. The summed E-state index contributed by atoms with van der Waals surface area (Å²) in [4.78, 5) is 14.9. The van der Waals surface area contributed by atoms with Crippen molar-refractivity contribution in [3.8, 4) is 0 Å². The van der Waals surface area contributed by atoms with Gasteiger partial charge in [-0.3, -0.25) is 4.79 Å². The fraction of sp³-hybridized carbons (Fsp3) is 0.650. The van der Waals surface area contributed by atoms with Crippen LogP contribution in [0.1, 0.15) is 51.5 Å². The average Bonchev–Trinajstić information content (AvgIpc) is 2.58. The maximum absolute atomic E-state index is 12.8. The number of benzene rings is 1. The first-order valence-electron chi connectivity index (χ1n) is 9.02. The highest BCUT2D eigenvalue weighted by Gasteiger charge is 2.27. The van der Waals surface area contributed by atoms with Crippen LogP contribution in [0.4, 0.5) is 0 Å². The van der Waals surface area contributed by atoms with Crippen molar-refractivity contribution in [2.75, 3.05) is 26.3 Å². The molecule has 3 nitrogen and oxygen atoms in total. The third kappa shape index (κ3) is 5.35. The van der Waals surface area contributed by atoms with Crippen LogP contribution in [0.15, 0.2) is 30.3 Å². The molecule has 0 radical (unpaired) electrons. The zero-order valence-electron chi connectivity index (χ0n) is 14.8. The molecule has 0 bridgehead atoms. The molecule has 1 heterocycles. The lowest BCUT2D eigenvalue weighted by Gasteiger charge is -2.34. The number of hydrogen-bond donors (Lipinski definition) is 0. The molecule has 1 aromatic carbocycles. The van der Waals surface area contributed by atoms with E-state index in [2.05, 4.69) is 43.0 Å². The van der Waals surface area contributed by atoms with Crippen molar-refractivity contribution in [1.29, 1.82) is 0 Å². The van der Waals surface area contributed by atoms with E-state index in [9.17, 15) is 4.79 Å². The van der Waals surface area contributed by atoms with Crippen LogP contribution in [0.3, 0.4) is 0 Å². The standard InChI is InChI=1S/C20H31NO2/c1-4-23-15-17-9-8-12-21(14-17)20(22)13-19(16(2)3)18-10-6-5-7-11-18/h5-7,10-11,16-17,19H,4,8-9,12-15H2,1-3H3. The minimum absolute atomic E-state index is 0.300. The molecule has 2 atom stereocenters. The summed E-state index contributed by atoms with van der Waals surface area (Å²) in [6.45, 7) is 9.75. The van der Waals surface area contributed by atoms with E-state index in [1.54, 1.807) is 0 Å². The van der Waals surface area contributed by atoms with Crippen LogP contribution in [0.2, 0.25) is 0 Å². The molecule has 3 heteroatoms. The molecule has 1 fully saturated rings. The number of likely N-dealkylation sites (tertiary alicyclic amines) is 1. The van der Waals surface area contributed by atoms with Crippen molar-refractivity contribution in [2.24, 2.45) is 11.8 Å². The molecule has 0 saturated carbocycles. The summed E-state index contributed by atoms with van der Waals surface area (Å²) in [7, 11) is 0. The lowest BCUT2D eigenvalue weighted by atomic mass is 9.85. The van der Waals surface area contributed by atoms with Crippen LogP contribution in [-0.4, -0.2) is 37.1 Å². The summed E-state index contributed by atoms with van der Waals surface area (Å²) >= 11 is 0. The van der Waals surface area contributed by atoms with Crippen LogP contribution in [-0.2, 0) is 9.53 Å². The summed E-state index contributed by atoms with van der Waals surface area (Å²) in [5.74, 6) is 1.57. The van der Waals surface area contributed by atoms with Crippen molar-refractivity contribution in [1.82, 2.24) is 4.90 Å². The third-order valence-corrected chi connectivity index (χ3v) is 4.86. The summed E-state index contributed by atoms with van der Waals surface area (Å²) in [5, 5.41) is 0. The maximum atomic E-state index is 12.8. The zero-order valence-corrected chi connectivity index (χ0v) is 14.8. The van der Waals surface area contributed by atoms with Gasteiger partial charge < -0.3 is 9.64 Å². The van der Waals surface area contributed by atoms with Crippen LogP contribution in [0.5, 0.6) is 0 Å². The second-order valence-corrected chi connectivity index (χ2v) is 6.97. The fourth-order valence-electron chi connectivity index (χ4n) is 3.47. The van der Waals surface area contributed by atoms with E-state index in [0.717, 1.165) is 32.7 Å². The van der Waals surface area contributed by atoms with Gasteiger partial charge in [0.2, 0.25) is 5.91 Å². The molecule has 1 amide bonds. The van der Waals surface area contributed by atoms with Gasteiger partial charge in [-0.2, -0.15) is 0 Å². The Morgan fingerprint density at radius 2 is 2.04 bits per heavy atom. The SMILES string of the molecule is CCOCC1CCCN(C(=O)CC(c2ccccc2)C(C)C)C1. The highest BCUT2D eigenvalue weighted by atomic mass is 16.5. The molecule has 0 spiro atoms. The topological polar surface area (TPSA) is 29.5 Å². The highest BCUT2D eigenvalue weighted by Crippen LogP contribution is 2.29. The summed E-state index contributed by atoms with van der Waals surface area (Å²) in [6, 6.07) is 10.5. The molecule has 0 N–H and O–H groups in total. The van der Waals surface area contributed by atoms with E-state index in [4.69, 9.17) is 4.74 Å². The second-order valence-electron chi connectivity index (χ2n) is 6.97. The Hall–Kier alpha value is -1.35. The average molecular weight is 317 g/mol. The van der Waals surface area contributed by atoms with Gasteiger partial charge in [0, 0.05) is 26.1 Å². The lowest BCUT2D eigenvalue weighted by molar-refractivity contribution is -0.134. The Kier molecular flexibility index (Phi) is 7.10. The van der Waals surface area contributed by atoms with Gasteiger partial charge in [0.05, 0.1) is 6.61 Å². The van der Waals surface area contributed by atoms with Gasteiger partial charge in [-0.25, -0.2) is 0 Å². The predicted molar refractivity (Wildman–Crippen MR) is 94.4 cm³/mol. The van der Waals surface area contributed by atoms with E-state index in [0.29, 0.717) is 30.1 Å². The zero-order chi connectivity index (χ0) is 16.7. The molecule has 1 saturated heterocycles. The van der Waals surface area contributed by atoms with Gasteiger partial charge in [0.25, 0.3) is 0 Å². The lowest BCUT2D eigenvalue weighted by Crippen LogP contribution is -2.42. The van der Waals surface area contributed by atoms with Gasteiger partial charge in [-0.15, -0.1) is 0 Å². The summed E-state index contributed by atoms with van der Waals surface area (Å²) in [6.07, 6.45) is 2.89. The fourth-order valence-corrected chi connectivity index (χ4v) is 3.47. The van der Waals surface area contributed by atoms with Gasteiger partial charge in [0.1, 0.15) is 0 Å². The van der Waals surface area contributed by atoms with Crippen molar-refractivity contribution in [2.45, 2.75) is 46.0 Å². The largest absolute Gasteiger partial charge is 0.381 e. The molecule has 1 aliphatic heterocycles. The Labute approximate surface area is 141 Å². The summed E-state index contributed by atoms with van der Waals surface area (Å²) < 4.78 is 5.55. The van der Waals surface area contributed by atoms with Gasteiger partial charge in [0.15, 0.2) is 0 Å². The Morgan fingerprint density at radius 3 is 2.70 bits per heavy atom. The normalized spacial score (nSPS) is 19.8. The van der Waals surface area contributed by atoms with E-state index in [-0.39, 0.29) is 0 Å². The van der Waals surface area contributed by atoms with Crippen LogP contribution in [0.25, 0.3) is 0 Å². The molecule has 2 rings (SSSR count). The minimum Gasteiger partial charge on any atom is -0.381 e. The van der Waals surface area contributed by atoms with Crippen LogP contribution in [0, 0.1) is 11.8 Å². The third-order valence-electron chi connectivity index (χ3n) is 4.86. The van der Waals surface area contributed by atoms with Gasteiger partial charge >= 0.3 is 0 Å². The smallest absolute Gasteiger partial charge is 0.223 e. The van der Waals surface area contributed by atoms with E-state index >= 15 is 0 Å². The molecule has 2 unspecified atom stereocenters. The number of hydrogen-bond acceptors (Lipinski definition) is 2. The highest BCUT2D eigenvalue weighted by molar-refractivity contribution is 5.77. The second kappa shape index (κ2) is 9.07. The van der Waals surface area contributed by atoms with Crippen molar-refractivity contribution in [3.63, 3.8) is 0 Å². The van der Waals surface area contributed by atoms with Crippen molar-refractivity contribution < 1.29 is 9.53 Å².